The number of nitrogens with one attached hydrogen (secondary N) is 2. The number of aromatic nitrogens is 2. The van der Waals surface area contributed by atoms with Crippen LogP contribution in [0.5, 0.6) is 0 Å². The van der Waals surface area contributed by atoms with Crippen molar-refractivity contribution in [1.29, 1.82) is 0 Å². The molecule has 2 rings (SSSR count). The van der Waals surface area contributed by atoms with Crippen LogP contribution >= 0.6 is 12.4 Å². The Bertz CT molecular complexity index is 619. The van der Waals surface area contributed by atoms with Crippen LogP contribution in [-0.4, -0.2) is 34.0 Å². The number of nitrogens with zero attached hydrogens (tertiary/aromatic N) is 2. The number of carbonyl (C=O) groups is 2. The lowest BCUT2D eigenvalue weighted by Gasteiger charge is -2.30. The van der Waals surface area contributed by atoms with Gasteiger partial charge in [0.25, 0.3) is 0 Å². The lowest BCUT2D eigenvalue weighted by Crippen LogP contribution is -2.45. The molecule has 0 bridgehead atoms. The molecule has 154 valence electrons. The minimum Gasteiger partial charge on any atom is -0.354 e. The Hall–Kier alpha value is -1.67. The van der Waals surface area contributed by atoms with Gasteiger partial charge < -0.3 is 20.9 Å². The Morgan fingerprint density at radius 1 is 1.22 bits per heavy atom. The number of hydrogen-bond acceptors (Lipinski definition) is 6. The summed E-state index contributed by atoms with van der Waals surface area (Å²) in [6.07, 6.45) is 6.54. The van der Waals surface area contributed by atoms with Crippen molar-refractivity contribution in [2.24, 2.45) is 5.73 Å². The molecule has 1 aromatic heterocycles. The fraction of sp³-hybridized carbons (Fsp3) is 0.778. The van der Waals surface area contributed by atoms with Crippen molar-refractivity contribution in [3.05, 3.63) is 11.7 Å². The number of halogens is 1. The molecule has 0 saturated heterocycles. The first-order valence-corrected chi connectivity index (χ1v) is 9.38. The van der Waals surface area contributed by atoms with E-state index in [1.807, 2.05) is 13.8 Å². The molecule has 1 heterocycles. The molecular formula is C18H32ClN5O3. The van der Waals surface area contributed by atoms with E-state index >= 15 is 0 Å². The van der Waals surface area contributed by atoms with Crippen molar-refractivity contribution in [2.75, 3.05) is 6.54 Å². The molecule has 0 aliphatic heterocycles. The van der Waals surface area contributed by atoms with Gasteiger partial charge in [-0.2, -0.15) is 4.98 Å². The zero-order chi connectivity index (χ0) is 19.2. The summed E-state index contributed by atoms with van der Waals surface area (Å²) >= 11 is 0. The number of carbonyl (C=O) groups excluding carboxylic acids is 2. The van der Waals surface area contributed by atoms with E-state index in [0.29, 0.717) is 24.7 Å². The van der Waals surface area contributed by atoms with Crippen LogP contribution < -0.4 is 16.4 Å². The van der Waals surface area contributed by atoms with Crippen LogP contribution in [0.3, 0.4) is 0 Å². The standard InChI is InChI=1S/C18H31N5O3.ClH/c1-13(24)22-18(10-6-4-5-7-11-18)16-21-15(26-23-16)9-8-14(25)20-12-17(2,3)19;/h4-12,19H2,1-3H3,(H,20,25)(H,22,24);1H. The van der Waals surface area contributed by atoms with E-state index in [9.17, 15) is 9.59 Å². The Morgan fingerprint density at radius 3 is 2.41 bits per heavy atom. The Morgan fingerprint density at radius 2 is 1.85 bits per heavy atom. The van der Waals surface area contributed by atoms with Crippen LogP contribution in [0.4, 0.5) is 0 Å². The van der Waals surface area contributed by atoms with E-state index in [-0.39, 0.29) is 30.6 Å². The summed E-state index contributed by atoms with van der Waals surface area (Å²) < 4.78 is 5.34. The third-order valence-electron chi connectivity index (χ3n) is 4.58. The van der Waals surface area contributed by atoms with E-state index < -0.39 is 11.1 Å². The van der Waals surface area contributed by atoms with Crippen molar-refractivity contribution in [2.45, 2.75) is 83.2 Å². The summed E-state index contributed by atoms with van der Waals surface area (Å²) in [7, 11) is 0. The summed E-state index contributed by atoms with van der Waals surface area (Å²) in [5.74, 6) is 0.737. The monoisotopic (exact) mass is 401 g/mol. The molecule has 9 heteroatoms. The van der Waals surface area contributed by atoms with E-state index in [4.69, 9.17) is 10.3 Å². The van der Waals surface area contributed by atoms with Crippen LogP contribution in [0.15, 0.2) is 4.52 Å². The fourth-order valence-electron chi connectivity index (χ4n) is 3.26. The molecule has 0 spiro atoms. The molecule has 0 atom stereocenters. The maximum absolute atomic E-state index is 11.9. The second-order valence-corrected chi connectivity index (χ2v) is 7.95. The van der Waals surface area contributed by atoms with Gasteiger partial charge in [-0.15, -0.1) is 12.4 Å². The first-order chi connectivity index (χ1) is 12.2. The Labute approximate surface area is 166 Å². The highest BCUT2D eigenvalue weighted by atomic mass is 35.5. The van der Waals surface area contributed by atoms with Crippen LogP contribution in [0.1, 0.15) is 77.4 Å². The topological polar surface area (TPSA) is 123 Å². The van der Waals surface area contributed by atoms with Gasteiger partial charge in [-0.1, -0.05) is 30.8 Å². The number of hydrogen-bond donors (Lipinski definition) is 3. The highest BCUT2D eigenvalue weighted by Gasteiger charge is 2.38. The number of aryl methyl sites for hydroxylation is 1. The number of amides is 2. The van der Waals surface area contributed by atoms with Gasteiger partial charge in [-0.3, -0.25) is 9.59 Å². The second-order valence-electron chi connectivity index (χ2n) is 7.95. The predicted molar refractivity (Wildman–Crippen MR) is 104 cm³/mol. The molecule has 1 aliphatic carbocycles. The van der Waals surface area contributed by atoms with Gasteiger partial charge in [0.2, 0.25) is 17.7 Å². The smallest absolute Gasteiger partial charge is 0.227 e. The van der Waals surface area contributed by atoms with Crippen molar-refractivity contribution < 1.29 is 14.1 Å². The molecule has 1 saturated carbocycles. The van der Waals surface area contributed by atoms with Crippen LogP contribution in [0.25, 0.3) is 0 Å². The van der Waals surface area contributed by atoms with Gasteiger partial charge in [-0.25, -0.2) is 0 Å². The zero-order valence-electron chi connectivity index (χ0n) is 16.5. The minimum atomic E-state index is -0.560. The first-order valence-electron chi connectivity index (χ1n) is 9.38. The van der Waals surface area contributed by atoms with E-state index in [0.717, 1.165) is 38.5 Å². The molecule has 0 unspecified atom stereocenters. The molecular weight excluding hydrogens is 370 g/mol. The number of rotatable bonds is 7. The van der Waals surface area contributed by atoms with Crippen molar-refractivity contribution >= 4 is 24.2 Å². The van der Waals surface area contributed by atoms with Gasteiger partial charge in [-0.05, 0) is 26.7 Å². The van der Waals surface area contributed by atoms with Crippen molar-refractivity contribution in [1.82, 2.24) is 20.8 Å². The molecule has 1 aliphatic rings. The normalized spacial score (nSPS) is 16.7. The minimum absolute atomic E-state index is 0. The molecule has 2 amide bonds. The molecule has 8 nitrogen and oxygen atoms in total. The first kappa shape index (κ1) is 23.4. The highest BCUT2D eigenvalue weighted by Crippen LogP contribution is 2.34. The zero-order valence-corrected chi connectivity index (χ0v) is 17.3. The van der Waals surface area contributed by atoms with E-state index in [2.05, 4.69) is 20.8 Å². The largest absolute Gasteiger partial charge is 0.354 e. The van der Waals surface area contributed by atoms with E-state index in [1.54, 1.807) is 0 Å². The van der Waals surface area contributed by atoms with Gasteiger partial charge in [0, 0.05) is 31.8 Å². The summed E-state index contributed by atoms with van der Waals surface area (Å²) in [6.45, 7) is 5.63. The third kappa shape index (κ3) is 7.46. The van der Waals surface area contributed by atoms with Gasteiger partial charge in [0.1, 0.15) is 5.54 Å². The average molecular weight is 402 g/mol. The Balaban J connectivity index is 0.00000364. The second kappa shape index (κ2) is 10.0. The van der Waals surface area contributed by atoms with Crippen LogP contribution in [0, 0.1) is 0 Å². The summed E-state index contributed by atoms with van der Waals surface area (Å²) in [4.78, 5) is 28.1. The predicted octanol–water partition coefficient (Wildman–Crippen LogP) is 1.96. The molecule has 1 aromatic rings. The van der Waals surface area contributed by atoms with Crippen molar-refractivity contribution in [3.8, 4) is 0 Å². The average Bonchev–Trinajstić information content (AvgIpc) is 2.91. The van der Waals surface area contributed by atoms with Crippen molar-refractivity contribution in [3.63, 3.8) is 0 Å². The lowest BCUT2D eigenvalue weighted by molar-refractivity contribution is -0.122. The lowest BCUT2D eigenvalue weighted by atomic mass is 9.89. The highest BCUT2D eigenvalue weighted by molar-refractivity contribution is 5.85. The van der Waals surface area contributed by atoms with Gasteiger partial charge >= 0.3 is 0 Å². The molecule has 27 heavy (non-hydrogen) atoms. The quantitative estimate of drug-likeness (QED) is 0.600. The molecule has 4 N–H and O–H groups in total. The summed E-state index contributed by atoms with van der Waals surface area (Å²) in [5.41, 5.74) is 4.85. The SMILES string of the molecule is CC(=O)NC1(c2noc(CCC(=O)NCC(C)(C)N)n2)CCCCCC1.Cl. The molecule has 0 aromatic carbocycles. The molecule has 1 fully saturated rings. The summed E-state index contributed by atoms with van der Waals surface area (Å²) in [5, 5.41) is 9.96. The maximum Gasteiger partial charge on any atom is 0.227 e. The van der Waals surface area contributed by atoms with Gasteiger partial charge in [0.15, 0.2) is 5.82 Å². The van der Waals surface area contributed by atoms with Gasteiger partial charge in [0.05, 0.1) is 0 Å². The van der Waals surface area contributed by atoms with Crippen LogP contribution in [0.2, 0.25) is 0 Å². The Kier molecular flexibility index (Phi) is 8.68. The third-order valence-corrected chi connectivity index (χ3v) is 4.58. The molecule has 0 radical (unpaired) electrons. The van der Waals surface area contributed by atoms with Crippen LogP contribution in [-0.2, 0) is 21.5 Å². The fourth-order valence-corrected chi connectivity index (χ4v) is 3.26. The van der Waals surface area contributed by atoms with E-state index in [1.165, 1.54) is 6.92 Å². The number of nitrogens with two attached hydrogens (primary N) is 1. The summed E-state index contributed by atoms with van der Waals surface area (Å²) in [6, 6.07) is 0. The maximum atomic E-state index is 11.9.